The van der Waals surface area contributed by atoms with Crippen molar-refractivity contribution in [3.8, 4) is 0 Å². The molecular formula is C18H36N2. The van der Waals surface area contributed by atoms with Gasteiger partial charge in [-0.2, -0.15) is 0 Å². The highest BCUT2D eigenvalue weighted by molar-refractivity contribution is 4.94. The van der Waals surface area contributed by atoms with Gasteiger partial charge in [-0.1, -0.05) is 39.0 Å². The molecule has 0 bridgehead atoms. The molecule has 2 aliphatic carbocycles. The van der Waals surface area contributed by atoms with Crippen LogP contribution in [0.1, 0.15) is 78.1 Å². The van der Waals surface area contributed by atoms with E-state index in [0.29, 0.717) is 0 Å². The summed E-state index contributed by atoms with van der Waals surface area (Å²) in [5, 5.41) is 3.85. The van der Waals surface area contributed by atoms with Gasteiger partial charge in [0.1, 0.15) is 0 Å². The smallest absolute Gasteiger partial charge is 0.0275 e. The van der Waals surface area contributed by atoms with Crippen molar-refractivity contribution in [2.24, 2.45) is 23.5 Å². The first-order valence-electron chi connectivity index (χ1n) is 9.13. The summed E-state index contributed by atoms with van der Waals surface area (Å²) < 4.78 is 0. The van der Waals surface area contributed by atoms with Gasteiger partial charge in [0.25, 0.3) is 0 Å². The molecule has 20 heavy (non-hydrogen) atoms. The second-order valence-corrected chi connectivity index (χ2v) is 7.65. The Balaban J connectivity index is 1.66. The highest BCUT2D eigenvalue weighted by Crippen LogP contribution is 2.49. The molecular weight excluding hydrogens is 244 g/mol. The summed E-state index contributed by atoms with van der Waals surface area (Å²) in [6, 6.07) is 0. The van der Waals surface area contributed by atoms with Crippen molar-refractivity contribution in [3.05, 3.63) is 0 Å². The molecule has 2 saturated carbocycles. The molecule has 0 aromatic rings. The minimum absolute atomic E-state index is 0.175. The average Bonchev–Trinajstić information content (AvgIpc) is 3.31. The molecule has 2 aliphatic rings. The van der Waals surface area contributed by atoms with Gasteiger partial charge in [0.2, 0.25) is 0 Å². The topological polar surface area (TPSA) is 38.0 Å². The Bertz CT molecular complexity index is 259. The third kappa shape index (κ3) is 5.37. The maximum atomic E-state index is 6.06. The van der Waals surface area contributed by atoms with Gasteiger partial charge in [-0.05, 0) is 63.3 Å². The van der Waals surface area contributed by atoms with Crippen LogP contribution < -0.4 is 11.1 Å². The molecule has 0 saturated heterocycles. The molecule has 0 radical (unpaired) electrons. The first-order chi connectivity index (χ1) is 9.68. The standard InChI is InChI=1S/C18H36N2/c1-3-4-5-6-7-12-18(2,14-19)20-13-17(15-8-9-15)16-10-11-16/h15-17,20H,3-14,19H2,1-2H3. The van der Waals surface area contributed by atoms with E-state index in [1.165, 1.54) is 70.8 Å². The van der Waals surface area contributed by atoms with Crippen LogP contribution in [0.25, 0.3) is 0 Å². The van der Waals surface area contributed by atoms with Crippen LogP contribution in [0, 0.1) is 17.8 Å². The molecule has 0 aromatic carbocycles. The molecule has 1 unspecified atom stereocenters. The maximum Gasteiger partial charge on any atom is 0.0275 e. The molecule has 0 spiro atoms. The van der Waals surface area contributed by atoms with Crippen LogP contribution in [0.2, 0.25) is 0 Å². The monoisotopic (exact) mass is 280 g/mol. The van der Waals surface area contributed by atoms with Gasteiger partial charge in [-0.25, -0.2) is 0 Å². The number of nitrogens with two attached hydrogens (primary N) is 1. The lowest BCUT2D eigenvalue weighted by Gasteiger charge is -2.32. The van der Waals surface area contributed by atoms with Crippen molar-refractivity contribution in [3.63, 3.8) is 0 Å². The number of unbranched alkanes of at least 4 members (excludes halogenated alkanes) is 4. The molecule has 3 N–H and O–H groups in total. The normalized spacial score (nSPS) is 22.2. The van der Waals surface area contributed by atoms with Crippen molar-refractivity contribution >= 4 is 0 Å². The highest BCUT2D eigenvalue weighted by atomic mass is 15.0. The summed E-state index contributed by atoms with van der Waals surface area (Å²) in [4.78, 5) is 0. The zero-order valence-electron chi connectivity index (χ0n) is 13.8. The zero-order chi connectivity index (χ0) is 14.4. The van der Waals surface area contributed by atoms with Crippen molar-refractivity contribution in [2.45, 2.75) is 83.6 Å². The van der Waals surface area contributed by atoms with E-state index in [2.05, 4.69) is 19.2 Å². The van der Waals surface area contributed by atoms with Crippen molar-refractivity contribution in [1.29, 1.82) is 0 Å². The van der Waals surface area contributed by atoms with Crippen LogP contribution in [-0.2, 0) is 0 Å². The van der Waals surface area contributed by atoms with Crippen LogP contribution in [0.5, 0.6) is 0 Å². The first-order valence-corrected chi connectivity index (χ1v) is 9.13. The van der Waals surface area contributed by atoms with E-state index in [0.717, 1.165) is 24.3 Å². The van der Waals surface area contributed by atoms with Gasteiger partial charge in [-0.15, -0.1) is 0 Å². The fraction of sp³-hybridized carbons (Fsp3) is 1.00. The lowest BCUT2D eigenvalue weighted by atomic mass is 9.91. The Morgan fingerprint density at radius 1 is 1.05 bits per heavy atom. The Hall–Kier alpha value is -0.0800. The summed E-state index contributed by atoms with van der Waals surface area (Å²) in [6.45, 7) is 6.62. The first kappa shape index (κ1) is 16.3. The van der Waals surface area contributed by atoms with Gasteiger partial charge >= 0.3 is 0 Å². The molecule has 0 amide bonds. The predicted octanol–water partition coefficient (Wildman–Crippen LogP) is 4.09. The zero-order valence-corrected chi connectivity index (χ0v) is 13.8. The van der Waals surface area contributed by atoms with E-state index in [1.54, 1.807) is 0 Å². The molecule has 0 heterocycles. The number of rotatable bonds is 12. The third-order valence-electron chi connectivity index (χ3n) is 5.50. The lowest BCUT2D eigenvalue weighted by Crippen LogP contribution is -2.50. The second-order valence-electron chi connectivity index (χ2n) is 7.65. The molecule has 0 aromatic heterocycles. The summed E-state index contributed by atoms with van der Waals surface area (Å²) in [5.41, 5.74) is 6.23. The summed E-state index contributed by atoms with van der Waals surface area (Å²) in [7, 11) is 0. The Kier molecular flexibility index (Phi) is 6.35. The number of nitrogens with one attached hydrogen (secondary N) is 1. The lowest BCUT2D eigenvalue weighted by molar-refractivity contribution is 0.276. The van der Waals surface area contributed by atoms with E-state index in [9.17, 15) is 0 Å². The Morgan fingerprint density at radius 2 is 1.65 bits per heavy atom. The van der Waals surface area contributed by atoms with Gasteiger partial charge in [0.05, 0.1) is 0 Å². The van der Waals surface area contributed by atoms with Gasteiger partial charge in [-0.3, -0.25) is 0 Å². The predicted molar refractivity (Wildman–Crippen MR) is 87.8 cm³/mol. The van der Waals surface area contributed by atoms with E-state index >= 15 is 0 Å². The van der Waals surface area contributed by atoms with E-state index in [-0.39, 0.29) is 5.54 Å². The summed E-state index contributed by atoms with van der Waals surface area (Å²) in [6.07, 6.45) is 14.0. The van der Waals surface area contributed by atoms with Gasteiger partial charge < -0.3 is 11.1 Å². The molecule has 0 aliphatic heterocycles. The van der Waals surface area contributed by atoms with Gasteiger partial charge in [0, 0.05) is 12.1 Å². The SMILES string of the molecule is CCCCCCCC(C)(CN)NCC(C1CC1)C1CC1. The molecule has 2 heteroatoms. The minimum Gasteiger partial charge on any atom is -0.329 e. The second kappa shape index (κ2) is 7.79. The quantitative estimate of drug-likeness (QED) is 0.528. The van der Waals surface area contributed by atoms with E-state index in [4.69, 9.17) is 5.73 Å². The van der Waals surface area contributed by atoms with Crippen LogP contribution in [0.4, 0.5) is 0 Å². The number of hydrogen-bond donors (Lipinski definition) is 2. The summed E-state index contributed by atoms with van der Waals surface area (Å²) >= 11 is 0. The van der Waals surface area contributed by atoms with E-state index in [1.807, 2.05) is 0 Å². The van der Waals surface area contributed by atoms with Crippen molar-refractivity contribution < 1.29 is 0 Å². The van der Waals surface area contributed by atoms with Crippen LogP contribution >= 0.6 is 0 Å². The summed E-state index contributed by atoms with van der Waals surface area (Å²) in [5.74, 6) is 3.05. The molecule has 2 fully saturated rings. The molecule has 118 valence electrons. The largest absolute Gasteiger partial charge is 0.329 e. The minimum atomic E-state index is 0.175. The molecule has 1 atom stereocenters. The Labute approximate surface area is 126 Å². The fourth-order valence-electron chi connectivity index (χ4n) is 3.51. The van der Waals surface area contributed by atoms with Gasteiger partial charge in [0.15, 0.2) is 0 Å². The Morgan fingerprint density at radius 3 is 2.15 bits per heavy atom. The van der Waals surface area contributed by atoms with Crippen molar-refractivity contribution in [1.82, 2.24) is 5.32 Å². The van der Waals surface area contributed by atoms with E-state index < -0.39 is 0 Å². The van der Waals surface area contributed by atoms with Crippen LogP contribution in [0.3, 0.4) is 0 Å². The molecule has 2 nitrogen and oxygen atoms in total. The van der Waals surface area contributed by atoms with Crippen LogP contribution in [0.15, 0.2) is 0 Å². The van der Waals surface area contributed by atoms with Crippen molar-refractivity contribution in [2.75, 3.05) is 13.1 Å². The highest BCUT2D eigenvalue weighted by Gasteiger charge is 2.41. The number of hydrogen-bond acceptors (Lipinski definition) is 2. The fourth-order valence-corrected chi connectivity index (χ4v) is 3.51. The average molecular weight is 281 g/mol. The maximum absolute atomic E-state index is 6.06. The third-order valence-corrected chi connectivity index (χ3v) is 5.50. The molecule has 2 rings (SSSR count). The van der Waals surface area contributed by atoms with Crippen LogP contribution in [-0.4, -0.2) is 18.6 Å².